The molecule has 3 saturated heterocycles. The molecule has 0 spiro atoms. The van der Waals surface area contributed by atoms with Crippen LogP contribution in [0.25, 0.3) is 50.0 Å². The molecule has 3 aromatic heterocycles. The summed E-state index contributed by atoms with van der Waals surface area (Å²) in [6.07, 6.45) is 11.7. The Kier molecular flexibility index (Phi) is 11.5. The Morgan fingerprint density at radius 1 is 0.943 bits per heavy atom. The number of ether oxygens (including phenoxy) is 1. The summed E-state index contributed by atoms with van der Waals surface area (Å²) in [7, 11) is 0. The molecule has 1 saturated carbocycles. The minimum absolute atomic E-state index is 0.0265. The molecule has 17 heteroatoms. The lowest BCUT2D eigenvalue weighted by molar-refractivity contribution is 0.0920. The molecule has 7 aromatic rings. The average molecular weight is 944 g/mol. The number of benzene rings is 4. The summed E-state index contributed by atoms with van der Waals surface area (Å²) in [5, 5.41) is 45.8. The van der Waals surface area contributed by atoms with Crippen LogP contribution in [0.5, 0.6) is 23.3 Å². The first kappa shape index (κ1) is 45.1. The number of hydrogen-bond acceptors (Lipinski definition) is 14. The van der Waals surface area contributed by atoms with Crippen molar-refractivity contribution in [1.29, 1.82) is 0 Å². The lowest BCUT2D eigenvalue weighted by Crippen LogP contribution is -2.51. The number of aromatic hydroxyl groups is 3. The summed E-state index contributed by atoms with van der Waals surface area (Å²) in [6.45, 7) is 10.8. The van der Waals surface area contributed by atoms with Crippen molar-refractivity contribution < 1.29 is 29.2 Å². The predicted octanol–water partition coefficient (Wildman–Crippen LogP) is 6.47. The van der Waals surface area contributed by atoms with Crippen molar-refractivity contribution in [3.8, 4) is 63.9 Å². The highest BCUT2D eigenvalue weighted by Gasteiger charge is 2.45. The SMILES string of the molecule is C#Cc1cccc2cc(O)cc(-c3ncc4c(N5CC6CCC(C5)N6)nc(OCC5(CN6CCN(Cc7ccc(-n8c(C(N)=O)nnc8-c8cc(C(C)C)c(O)cc8O)cc7)CC6)CC5)nc4c3F)c12. The number of fused-ring (bicyclic) bond motifs is 4. The van der Waals surface area contributed by atoms with E-state index in [1.54, 1.807) is 24.4 Å². The number of aromatic nitrogens is 6. The normalized spacial score (nSPS) is 19.0. The topological polar surface area (TPSA) is 204 Å². The van der Waals surface area contributed by atoms with Gasteiger partial charge in [0.15, 0.2) is 11.6 Å². The number of nitrogens with one attached hydrogen (secondary N) is 1. The van der Waals surface area contributed by atoms with Crippen molar-refractivity contribution in [3.05, 3.63) is 101 Å². The van der Waals surface area contributed by atoms with E-state index in [1.807, 2.05) is 50.2 Å². The summed E-state index contributed by atoms with van der Waals surface area (Å²) in [5.74, 6) is 1.78. The summed E-state index contributed by atoms with van der Waals surface area (Å²) in [6, 6.07) is 20.0. The molecule has 0 radical (unpaired) electrons. The number of anilines is 1. The Morgan fingerprint density at radius 3 is 2.39 bits per heavy atom. The Labute approximate surface area is 404 Å². The van der Waals surface area contributed by atoms with Crippen molar-refractivity contribution in [2.45, 2.75) is 64.1 Å². The van der Waals surface area contributed by atoms with E-state index in [4.69, 9.17) is 26.9 Å². The van der Waals surface area contributed by atoms with Crippen LogP contribution in [-0.2, 0) is 6.54 Å². The van der Waals surface area contributed by atoms with Crippen molar-refractivity contribution in [3.63, 3.8) is 0 Å². The van der Waals surface area contributed by atoms with Crippen LogP contribution in [0.2, 0.25) is 0 Å². The molecule has 16 nitrogen and oxygen atoms in total. The molecule has 11 rings (SSSR count). The molecule has 70 heavy (non-hydrogen) atoms. The zero-order valence-electron chi connectivity index (χ0n) is 39.1. The van der Waals surface area contributed by atoms with Gasteiger partial charge < -0.3 is 40.9 Å². The van der Waals surface area contributed by atoms with Gasteiger partial charge in [-0.3, -0.25) is 19.2 Å². The second kappa shape index (κ2) is 17.8. The Morgan fingerprint density at radius 2 is 1.69 bits per heavy atom. The number of nitrogens with zero attached hydrogens (tertiary/aromatic N) is 9. The van der Waals surface area contributed by atoms with Gasteiger partial charge in [-0.1, -0.05) is 44.0 Å². The van der Waals surface area contributed by atoms with Gasteiger partial charge in [0.05, 0.1) is 17.6 Å². The van der Waals surface area contributed by atoms with Crippen LogP contribution in [0.3, 0.4) is 0 Å². The Balaban J connectivity index is 0.780. The predicted molar refractivity (Wildman–Crippen MR) is 264 cm³/mol. The van der Waals surface area contributed by atoms with Crippen LogP contribution in [0.4, 0.5) is 10.2 Å². The maximum absolute atomic E-state index is 17.1. The fourth-order valence-corrected chi connectivity index (χ4v) is 10.6. The summed E-state index contributed by atoms with van der Waals surface area (Å²) < 4.78 is 25.2. The van der Waals surface area contributed by atoms with Crippen LogP contribution < -0.4 is 20.7 Å². The maximum atomic E-state index is 17.1. The number of amides is 1. The van der Waals surface area contributed by atoms with E-state index in [1.165, 1.54) is 16.7 Å². The molecular formula is C53H54FN11O5. The minimum Gasteiger partial charge on any atom is -0.508 e. The summed E-state index contributed by atoms with van der Waals surface area (Å²) >= 11 is 0. The highest BCUT2D eigenvalue weighted by molar-refractivity contribution is 6.03. The van der Waals surface area contributed by atoms with E-state index in [2.05, 4.69) is 41.1 Å². The maximum Gasteiger partial charge on any atom is 0.319 e. The summed E-state index contributed by atoms with van der Waals surface area (Å²) in [4.78, 5) is 34.0. The van der Waals surface area contributed by atoms with E-state index in [9.17, 15) is 20.1 Å². The summed E-state index contributed by atoms with van der Waals surface area (Å²) in [5.41, 5.74) is 9.38. The number of nitrogens with two attached hydrogens (primary N) is 1. The third-order valence-electron chi connectivity index (χ3n) is 14.5. The molecule has 4 aromatic carbocycles. The number of carbonyl (C=O) groups is 1. The molecule has 2 atom stereocenters. The lowest BCUT2D eigenvalue weighted by Gasteiger charge is -2.36. The number of hydrogen-bond donors (Lipinski definition) is 5. The van der Waals surface area contributed by atoms with Gasteiger partial charge in [0.25, 0.3) is 5.91 Å². The molecule has 2 bridgehead atoms. The van der Waals surface area contributed by atoms with Gasteiger partial charge in [0.1, 0.15) is 34.3 Å². The van der Waals surface area contributed by atoms with Crippen LogP contribution in [0.15, 0.2) is 72.9 Å². The highest BCUT2D eigenvalue weighted by Crippen LogP contribution is 2.47. The molecule has 1 aliphatic carbocycles. The zero-order valence-corrected chi connectivity index (χ0v) is 39.1. The molecule has 3 aliphatic heterocycles. The van der Waals surface area contributed by atoms with Gasteiger partial charge in [-0.05, 0) is 84.5 Å². The molecular weight excluding hydrogens is 890 g/mol. The Hall–Kier alpha value is -7.39. The quantitative estimate of drug-likeness (QED) is 0.0787. The number of pyridine rings is 1. The van der Waals surface area contributed by atoms with Crippen LogP contribution in [0, 0.1) is 23.6 Å². The third kappa shape index (κ3) is 8.45. The molecule has 4 fully saturated rings. The van der Waals surface area contributed by atoms with E-state index in [0.29, 0.717) is 68.6 Å². The van der Waals surface area contributed by atoms with Crippen LogP contribution in [0.1, 0.15) is 72.8 Å². The van der Waals surface area contributed by atoms with Gasteiger partial charge in [0, 0.05) is 104 Å². The van der Waals surface area contributed by atoms with E-state index >= 15 is 4.39 Å². The number of phenols is 3. The second-order valence-electron chi connectivity index (χ2n) is 19.7. The Bertz CT molecular complexity index is 3220. The van der Waals surface area contributed by atoms with Crippen molar-refractivity contribution in [2.75, 3.05) is 57.3 Å². The van der Waals surface area contributed by atoms with Gasteiger partial charge in [-0.2, -0.15) is 9.97 Å². The monoisotopic (exact) mass is 943 g/mol. The first-order chi connectivity index (χ1) is 33.8. The number of terminal acetylenes is 1. The zero-order chi connectivity index (χ0) is 48.4. The number of piperazine rings is 2. The molecule has 358 valence electrons. The van der Waals surface area contributed by atoms with Gasteiger partial charge in [-0.25, -0.2) is 4.39 Å². The van der Waals surface area contributed by atoms with E-state index < -0.39 is 11.7 Å². The van der Waals surface area contributed by atoms with E-state index in [0.717, 1.165) is 83.6 Å². The smallest absolute Gasteiger partial charge is 0.319 e. The van der Waals surface area contributed by atoms with Gasteiger partial charge >= 0.3 is 6.01 Å². The van der Waals surface area contributed by atoms with Gasteiger partial charge in [-0.15, -0.1) is 16.6 Å². The van der Waals surface area contributed by atoms with Crippen molar-refractivity contribution in [2.24, 2.45) is 11.1 Å². The second-order valence-corrected chi connectivity index (χ2v) is 19.7. The number of carbonyl (C=O) groups excluding carboxylic acids is 1. The largest absolute Gasteiger partial charge is 0.508 e. The van der Waals surface area contributed by atoms with Gasteiger partial charge in [0.2, 0.25) is 5.82 Å². The fraction of sp³-hybridized carbons (Fsp3) is 0.358. The lowest BCUT2D eigenvalue weighted by atomic mass is 9.96. The standard InChI is InChI=1S/C53H54FN11O5/c1-4-32-6-5-7-33-20-37(66)21-40(44(32)33)46-45(54)47-41(24-56-46)49(64-26-34-10-11-35(27-64)57-34)59-52(58-47)70-29-53(14-15-53)28-63-18-16-62(17-19-63)25-31-8-12-36(13-9-31)65-50(60-61-51(65)48(55)69)39-22-38(30(2)3)42(67)23-43(39)68/h1,5-9,12-13,20-24,30,34-35,57,66-68H,10-11,14-19,25-29H2,2-3H3,(H2,55,69). The number of rotatable bonds is 13. The van der Waals surface area contributed by atoms with Crippen LogP contribution >= 0.6 is 0 Å². The molecule has 1 amide bonds. The molecule has 2 unspecified atom stereocenters. The molecule has 6 heterocycles. The van der Waals surface area contributed by atoms with E-state index in [-0.39, 0.29) is 57.5 Å². The molecule has 4 aliphatic rings. The number of halogens is 1. The third-order valence-corrected chi connectivity index (χ3v) is 14.5. The number of phenolic OH excluding ortho intramolecular Hbond substituents is 3. The molecule has 6 N–H and O–H groups in total. The highest BCUT2D eigenvalue weighted by atomic mass is 19.1. The van der Waals surface area contributed by atoms with Crippen LogP contribution in [-0.4, -0.2) is 125 Å². The van der Waals surface area contributed by atoms with Crippen molar-refractivity contribution >= 4 is 33.4 Å². The minimum atomic E-state index is -0.764. The first-order valence-corrected chi connectivity index (χ1v) is 23.9. The fourth-order valence-electron chi connectivity index (χ4n) is 10.6. The van der Waals surface area contributed by atoms with Crippen molar-refractivity contribution in [1.82, 2.24) is 44.8 Å². The average Bonchev–Trinajstić information content (AvgIpc) is 3.82. The first-order valence-electron chi connectivity index (χ1n) is 23.9. The number of primary amides is 1.